The highest BCUT2D eigenvalue weighted by Crippen LogP contribution is 2.41. The number of unbranched alkanes of at least 4 members (excludes halogenated alkanes) is 28. The summed E-state index contributed by atoms with van der Waals surface area (Å²) in [6.45, 7) is 12.9. The van der Waals surface area contributed by atoms with E-state index < -0.39 is 19.3 Å². The predicted molar refractivity (Wildman–Crippen MR) is 205 cm³/mol. The van der Waals surface area contributed by atoms with Crippen LogP contribution in [0.25, 0.3) is 0 Å². The van der Waals surface area contributed by atoms with E-state index in [0.29, 0.717) is 0 Å². The molecule has 0 radical (unpaired) electrons. The van der Waals surface area contributed by atoms with Crippen molar-refractivity contribution >= 4 is 9.84 Å². The van der Waals surface area contributed by atoms with Gasteiger partial charge in [0.15, 0.2) is 9.84 Å². The summed E-state index contributed by atoms with van der Waals surface area (Å²) in [5, 5.41) is 0. The maximum Gasteiger partial charge on any atom is 0.161 e. The van der Waals surface area contributed by atoms with Gasteiger partial charge in [-0.3, -0.25) is 0 Å². The normalized spacial score (nSPS) is 14.9. The summed E-state index contributed by atoms with van der Waals surface area (Å²) in [6, 6.07) is 0. The summed E-state index contributed by atoms with van der Waals surface area (Å²) < 4.78 is 27.0. The molecule has 0 aromatic heterocycles. The minimum Gasteiger partial charge on any atom is -0.228 e. The van der Waals surface area contributed by atoms with Crippen molar-refractivity contribution in [2.24, 2.45) is 0 Å². The molecule has 0 bridgehead atoms. The first-order valence-corrected chi connectivity index (χ1v) is 22.5. The molecule has 2 nitrogen and oxygen atoms in total. The fraction of sp³-hybridized carbons (Fsp3) is 1.00. The van der Waals surface area contributed by atoms with Gasteiger partial charge in [-0.25, -0.2) is 8.42 Å². The summed E-state index contributed by atoms with van der Waals surface area (Å²) in [5.41, 5.74) is 0. The Kier molecular flexibility index (Phi) is 30.0. The lowest BCUT2D eigenvalue weighted by atomic mass is 9.97. The zero-order valence-electron chi connectivity index (χ0n) is 32.3. The Balaban J connectivity index is 4.09. The summed E-state index contributed by atoms with van der Waals surface area (Å²) >= 11 is 0. The minimum absolute atomic E-state index is 0.580. The minimum atomic E-state index is -3.20. The zero-order valence-corrected chi connectivity index (χ0v) is 33.1. The van der Waals surface area contributed by atoms with Gasteiger partial charge in [0.25, 0.3) is 0 Å². The van der Waals surface area contributed by atoms with Crippen molar-refractivity contribution in [2.75, 3.05) is 0 Å². The molecule has 0 spiro atoms. The third-order valence-electron chi connectivity index (χ3n) is 11.4. The largest absolute Gasteiger partial charge is 0.228 e. The van der Waals surface area contributed by atoms with Crippen LogP contribution in [0.15, 0.2) is 0 Å². The monoisotopic (exact) mass is 655 g/mol. The van der Waals surface area contributed by atoms with Gasteiger partial charge in [0.2, 0.25) is 0 Å². The van der Waals surface area contributed by atoms with E-state index in [0.717, 1.165) is 38.5 Å². The first-order chi connectivity index (χ1) is 21.7. The number of rotatable bonds is 36. The molecule has 0 aliphatic rings. The molecule has 0 saturated carbocycles. The predicted octanol–water partition coefficient (Wildman–Crippen LogP) is 15.3. The lowest BCUT2D eigenvalue weighted by Crippen LogP contribution is -2.48. The molecule has 2 unspecified atom stereocenters. The average molecular weight is 655 g/mol. The van der Waals surface area contributed by atoms with Crippen molar-refractivity contribution in [2.45, 2.75) is 269 Å². The highest BCUT2D eigenvalue weighted by molar-refractivity contribution is 7.94. The van der Waals surface area contributed by atoms with Crippen molar-refractivity contribution in [1.29, 1.82) is 0 Å². The van der Waals surface area contributed by atoms with Crippen LogP contribution in [0, 0.1) is 0 Å². The van der Waals surface area contributed by atoms with Gasteiger partial charge in [-0.1, -0.05) is 220 Å². The maximum absolute atomic E-state index is 14.1. The highest BCUT2D eigenvalue weighted by atomic mass is 32.2. The second-order valence-electron chi connectivity index (χ2n) is 15.5. The molecule has 0 aromatic rings. The molecule has 272 valence electrons. The fourth-order valence-corrected chi connectivity index (χ4v) is 10.1. The molecule has 0 heterocycles. The summed E-state index contributed by atoms with van der Waals surface area (Å²) in [4.78, 5) is 0. The van der Waals surface area contributed by atoms with Crippen molar-refractivity contribution in [3.05, 3.63) is 0 Å². The van der Waals surface area contributed by atoms with Gasteiger partial charge in [-0.05, 0) is 39.5 Å². The first kappa shape index (κ1) is 45.0. The number of hydrogen-bond acceptors (Lipinski definition) is 2. The van der Waals surface area contributed by atoms with Crippen LogP contribution >= 0.6 is 0 Å². The Bertz CT molecular complexity index is 662. The molecule has 0 aromatic carbocycles. The molecule has 3 heteroatoms. The molecule has 0 aliphatic carbocycles. The Morgan fingerprint density at radius 1 is 0.311 bits per heavy atom. The van der Waals surface area contributed by atoms with E-state index >= 15 is 0 Å². The third kappa shape index (κ3) is 21.5. The average Bonchev–Trinajstić information content (AvgIpc) is 3.04. The molecule has 0 aliphatic heterocycles. The molecular weight excluding hydrogens is 569 g/mol. The quantitative estimate of drug-likeness (QED) is 0.0630. The van der Waals surface area contributed by atoms with Gasteiger partial charge in [0, 0.05) is 0 Å². The smallest absolute Gasteiger partial charge is 0.161 e. The van der Waals surface area contributed by atoms with E-state index in [2.05, 4.69) is 41.5 Å². The van der Waals surface area contributed by atoms with E-state index in [1.165, 1.54) is 180 Å². The topological polar surface area (TPSA) is 34.1 Å². The first-order valence-electron chi connectivity index (χ1n) is 21.0. The van der Waals surface area contributed by atoms with Gasteiger partial charge in [-0.2, -0.15) is 0 Å². The molecule has 2 atom stereocenters. The number of sulfone groups is 1. The highest BCUT2D eigenvalue weighted by Gasteiger charge is 2.48. The standard InChI is InChI=1S/C42H86O2S/c1-7-11-13-15-17-19-21-23-25-27-29-31-33-35-37-39-41(5,9-3)45(43,44)42(6,10-4)40-38-36-34-32-30-28-26-24-22-20-18-16-14-12-8-2/h7-40H2,1-6H3. The van der Waals surface area contributed by atoms with Crippen molar-refractivity contribution in [3.63, 3.8) is 0 Å². The van der Waals surface area contributed by atoms with Crippen LogP contribution in [0.2, 0.25) is 0 Å². The SMILES string of the molecule is CCCCCCCCCCCCCCCCCC(C)(CC)S(=O)(=O)C(C)(CC)CCCCCCCCCCCCCCCCC. The Morgan fingerprint density at radius 3 is 0.667 bits per heavy atom. The molecule has 0 saturated heterocycles. The zero-order chi connectivity index (χ0) is 33.5. The second kappa shape index (κ2) is 30.0. The molecule has 0 amide bonds. The van der Waals surface area contributed by atoms with Gasteiger partial charge >= 0.3 is 0 Å². The van der Waals surface area contributed by atoms with Crippen LogP contribution in [0.4, 0.5) is 0 Å². The third-order valence-corrected chi connectivity index (χ3v) is 15.0. The molecule has 0 N–H and O–H groups in total. The Labute approximate surface area is 286 Å². The lowest BCUT2D eigenvalue weighted by molar-refractivity contribution is 0.415. The van der Waals surface area contributed by atoms with Gasteiger partial charge in [-0.15, -0.1) is 0 Å². The summed E-state index contributed by atoms with van der Waals surface area (Å²) in [7, 11) is -3.20. The van der Waals surface area contributed by atoms with E-state index in [-0.39, 0.29) is 0 Å². The van der Waals surface area contributed by atoms with Crippen molar-refractivity contribution in [3.8, 4) is 0 Å². The van der Waals surface area contributed by atoms with Crippen molar-refractivity contribution in [1.82, 2.24) is 0 Å². The van der Waals surface area contributed by atoms with E-state index in [4.69, 9.17) is 0 Å². The molecule has 0 fully saturated rings. The Hall–Kier alpha value is -0.0500. The van der Waals surface area contributed by atoms with Crippen molar-refractivity contribution < 1.29 is 8.42 Å². The van der Waals surface area contributed by atoms with E-state index in [1.54, 1.807) is 0 Å². The number of hydrogen-bond donors (Lipinski definition) is 0. The molecular formula is C42H86O2S. The second-order valence-corrected chi connectivity index (χ2v) is 18.5. The fourth-order valence-electron chi connectivity index (χ4n) is 7.34. The van der Waals surface area contributed by atoms with Crippen LogP contribution in [-0.2, 0) is 9.84 Å². The van der Waals surface area contributed by atoms with Crippen LogP contribution in [-0.4, -0.2) is 17.9 Å². The van der Waals surface area contributed by atoms with Crippen LogP contribution in [0.3, 0.4) is 0 Å². The van der Waals surface area contributed by atoms with Crippen LogP contribution in [0.1, 0.15) is 260 Å². The van der Waals surface area contributed by atoms with Gasteiger partial charge < -0.3 is 0 Å². The summed E-state index contributed by atoms with van der Waals surface area (Å²) in [6.07, 6.45) is 43.7. The Morgan fingerprint density at radius 2 is 0.489 bits per heavy atom. The van der Waals surface area contributed by atoms with E-state index in [9.17, 15) is 8.42 Å². The lowest BCUT2D eigenvalue weighted by Gasteiger charge is -2.39. The van der Waals surface area contributed by atoms with E-state index in [1.807, 2.05) is 0 Å². The summed E-state index contributed by atoms with van der Waals surface area (Å²) in [5.74, 6) is 0. The molecule has 0 rings (SSSR count). The van der Waals surface area contributed by atoms with Crippen LogP contribution in [0.5, 0.6) is 0 Å². The van der Waals surface area contributed by atoms with Crippen LogP contribution < -0.4 is 0 Å². The van der Waals surface area contributed by atoms with Gasteiger partial charge in [0.05, 0.1) is 9.49 Å². The van der Waals surface area contributed by atoms with Gasteiger partial charge in [0.1, 0.15) is 0 Å². The molecule has 45 heavy (non-hydrogen) atoms. The maximum atomic E-state index is 14.1.